The second kappa shape index (κ2) is 6.41. The lowest BCUT2D eigenvalue weighted by Gasteiger charge is -1.97. The SMILES string of the molecule is C[C@H]1C[C@@H]1c1ccc(/C=C/C(=O)NCc2cn3cc(Cl)ccc3n2)o1. The molecule has 0 bridgehead atoms. The van der Waals surface area contributed by atoms with Gasteiger partial charge >= 0.3 is 0 Å². The van der Waals surface area contributed by atoms with Gasteiger partial charge in [0, 0.05) is 24.4 Å². The Kier molecular flexibility index (Phi) is 4.09. The lowest BCUT2D eigenvalue weighted by molar-refractivity contribution is -0.116. The third-order valence-electron chi connectivity index (χ3n) is 4.43. The average Bonchev–Trinajstić information content (AvgIpc) is 3.01. The summed E-state index contributed by atoms with van der Waals surface area (Å²) in [6.07, 6.45) is 7.98. The molecule has 2 atom stereocenters. The van der Waals surface area contributed by atoms with Crippen molar-refractivity contribution in [2.24, 2.45) is 5.92 Å². The van der Waals surface area contributed by atoms with Gasteiger partial charge in [-0.2, -0.15) is 0 Å². The molecule has 0 aromatic carbocycles. The van der Waals surface area contributed by atoms with Crippen LogP contribution in [0.15, 0.2) is 47.2 Å². The number of carbonyl (C=O) groups excluding carboxylic acids is 1. The highest BCUT2D eigenvalue weighted by atomic mass is 35.5. The molecule has 0 spiro atoms. The molecule has 5 nitrogen and oxygen atoms in total. The van der Waals surface area contributed by atoms with E-state index in [0.29, 0.717) is 29.2 Å². The van der Waals surface area contributed by atoms with E-state index in [1.54, 1.807) is 18.3 Å². The number of halogens is 1. The Balaban J connectivity index is 1.34. The van der Waals surface area contributed by atoms with Gasteiger partial charge in [-0.15, -0.1) is 0 Å². The highest BCUT2D eigenvalue weighted by molar-refractivity contribution is 6.30. The fraction of sp³-hybridized carbons (Fsp3) is 0.263. The van der Waals surface area contributed by atoms with E-state index in [0.717, 1.165) is 17.1 Å². The van der Waals surface area contributed by atoms with Crippen LogP contribution in [0.25, 0.3) is 11.7 Å². The number of nitrogens with one attached hydrogen (secondary N) is 1. The first kappa shape index (κ1) is 16.0. The molecule has 3 aromatic heterocycles. The largest absolute Gasteiger partial charge is 0.461 e. The summed E-state index contributed by atoms with van der Waals surface area (Å²) in [5.41, 5.74) is 1.56. The fourth-order valence-electron chi connectivity index (χ4n) is 2.87. The lowest BCUT2D eigenvalue weighted by atomic mass is 10.3. The Labute approximate surface area is 150 Å². The van der Waals surface area contributed by atoms with Crippen molar-refractivity contribution in [3.05, 3.63) is 65.0 Å². The van der Waals surface area contributed by atoms with Crippen molar-refractivity contribution in [3.8, 4) is 0 Å². The first-order valence-electron chi connectivity index (χ1n) is 8.27. The molecule has 1 N–H and O–H groups in total. The van der Waals surface area contributed by atoms with E-state index in [4.69, 9.17) is 16.0 Å². The van der Waals surface area contributed by atoms with Crippen LogP contribution in [0.5, 0.6) is 0 Å². The number of fused-ring (bicyclic) bond motifs is 1. The number of furan rings is 1. The maximum atomic E-state index is 12.0. The first-order chi connectivity index (χ1) is 12.1. The number of imidazole rings is 1. The van der Waals surface area contributed by atoms with Crippen molar-refractivity contribution >= 4 is 29.2 Å². The summed E-state index contributed by atoms with van der Waals surface area (Å²) in [5.74, 6) is 2.77. The highest BCUT2D eigenvalue weighted by Crippen LogP contribution is 2.47. The minimum Gasteiger partial charge on any atom is -0.461 e. The third kappa shape index (κ3) is 3.61. The van der Waals surface area contributed by atoms with Crippen LogP contribution < -0.4 is 5.32 Å². The van der Waals surface area contributed by atoms with E-state index in [-0.39, 0.29) is 5.91 Å². The maximum absolute atomic E-state index is 12.0. The number of amides is 1. The third-order valence-corrected chi connectivity index (χ3v) is 4.65. The number of hydrogen-bond donors (Lipinski definition) is 1. The van der Waals surface area contributed by atoms with Gasteiger partial charge in [0.15, 0.2) is 0 Å². The van der Waals surface area contributed by atoms with Crippen molar-refractivity contribution in [3.63, 3.8) is 0 Å². The van der Waals surface area contributed by atoms with Gasteiger partial charge in [-0.3, -0.25) is 4.79 Å². The number of hydrogen-bond acceptors (Lipinski definition) is 3. The smallest absolute Gasteiger partial charge is 0.244 e. The highest BCUT2D eigenvalue weighted by Gasteiger charge is 2.36. The van der Waals surface area contributed by atoms with Gasteiger partial charge < -0.3 is 14.1 Å². The fourth-order valence-corrected chi connectivity index (χ4v) is 3.04. The molecule has 3 aromatic rings. The van der Waals surface area contributed by atoms with Crippen molar-refractivity contribution in [2.75, 3.05) is 0 Å². The Bertz CT molecular complexity index is 957. The van der Waals surface area contributed by atoms with E-state index < -0.39 is 0 Å². The average molecular weight is 356 g/mol. The number of carbonyl (C=O) groups is 1. The number of pyridine rings is 1. The standard InChI is InChI=1S/C19H18ClN3O2/c1-12-8-16(12)17-5-3-15(25-17)4-7-19(24)21-9-14-11-23-10-13(20)2-6-18(23)22-14/h2-7,10-12,16H,8-9H2,1H3,(H,21,24)/b7-4+/t12-,16-/m0/s1. The second-order valence-corrected chi connectivity index (χ2v) is 6.89. The Morgan fingerprint density at radius 3 is 3.04 bits per heavy atom. The van der Waals surface area contributed by atoms with Crippen LogP contribution >= 0.6 is 11.6 Å². The van der Waals surface area contributed by atoms with Crippen LogP contribution in [0.4, 0.5) is 0 Å². The van der Waals surface area contributed by atoms with Crippen molar-refractivity contribution in [2.45, 2.75) is 25.8 Å². The summed E-state index contributed by atoms with van der Waals surface area (Å²) >= 11 is 5.95. The summed E-state index contributed by atoms with van der Waals surface area (Å²) < 4.78 is 7.58. The van der Waals surface area contributed by atoms with Gasteiger partial charge in [-0.05, 0) is 42.7 Å². The molecule has 0 radical (unpaired) electrons. The molecular formula is C19H18ClN3O2. The maximum Gasteiger partial charge on any atom is 0.244 e. The quantitative estimate of drug-likeness (QED) is 0.703. The lowest BCUT2D eigenvalue weighted by Crippen LogP contribution is -2.20. The Hall–Kier alpha value is -2.53. The number of rotatable bonds is 5. The summed E-state index contributed by atoms with van der Waals surface area (Å²) in [6, 6.07) is 7.52. The van der Waals surface area contributed by atoms with Gasteiger partial charge in [-0.25, -0.2) is 4.98 Å². The van der Waals surface area contributed by atoms with Crippen LogP contribution in [-0.2, 0) is 11.3 Å². The van der Waals surface area contributed by atoms with Gasteiger partial charge in [-0.1, -0.05) is 18.5 Å². The normalized spacial score (nSPS) is 19.6. The predicted molar refractivity (Wildman–Crippen MR) is 96.3 cm³/mol. The molecule has 128 valence electrons. The molecule has 1 saturated carbocycles. The summed E-state index contributed by atoms with van der Waals surface area (Å²) in [7, 11) is 0. The molecule has 1 fully saturated rings. The molecule has 1 aliphatic rings. The van der Waals surface area contributed by atoms with E-state index in [1.165, 1.54) is 12.5 Å². The van der Waals surface area contributed by atoms with E-state index >= 15 is 0 Å². The minimum atomic E-state index is -0.187. The van der Waals surface area contributed by atoms with Gasteiger partial charge in [0.1, 0.15) is 17.2 Å². The molecule has 1 aliphatic carbocycles. The van der Waals surface area contributed by atoms with Crippen molar-refractivity contribution < 1.29 is 9.21 Å². The zero-order valence-electron chi connectivity index (χ0n) is 13.8. The Morgan fingerprint density at radius 1 is 1.40 bits per heavy atom. The first-order valence-corrected chi connectivity index (χ1v) is 8.65. The molecule has 3 heterocycles. The van der Waals surface area contributed by atoms with Gasteiger partial charge in [0.25, 0.3) is 0 Å². The van der Waals surface area contributed by atoms with Crippen LogP contribution in [0.2, 0.25) is 5.02 Å². The molecule has 4 rings (SSSR count). The van der Waals surface area contributed by atoms with Crippen LogP contribution in [0.1, 0.15) is 36.5 Å². The zero-order chi connectivity index (χ0) is 17.4. The van der Waals surface area contributed by atoms with E-state index in [9.17, 15) is 4.79 Å². The van der Waals surface area contributed by atoms with Crippen molar-refractivity contribution in [1.29, 1.82) is 0 Å². The Morgan fingerprint density at radius 2 is 2.24 bits per heavy atom. The van der Waals surface area contributed by atoms with Crippen molar-refractivity contribution in [1.82, 2.24) is 14.7 Å². The summed E-state index contributed by atoms with van der Waals surface area (Å²) in [6.45, 7) is 2.56. The van der Waals surface area contributed by atoms with Gasteiger partial charge in [0.2, 0.25) is 5.91 Å². The van der Waals surface area contributed by atoms with Crippen LogP contribution in [0.3, 0.4) is 0 Å². The molecule has 0 unspecified atom stereocenters. The monoisotopic (exact) mass is 355 g/mol. The molecule has 0 saturated heterocycles. The van der Waals surface area contributed by atoms with Gasteiger partial charge in [0.05, 0.1) is 17.3 Å². The topological polar surface area (TPSA) is 59.5 Å². The second-order valence-electron chi connectivity index (χ2n) is 6.46. The molecule has 25 heavy (non-hydrogen) atoms. The number of nitrogens with zero attached hydrogens (tertiary/aromatic N) is 2. The molecule has 6 heteroatoms. The molecule has 1 amide bonds. The molecule has 0 aliphatic heterocycles. The molecular weight excluding hydrogens is 338 g/mol. The summed E-state index contributed by atoms with van der Waals surface area (Å²) in [4.78, 5) is 16.4. The van der Waals surface area contributed by atoms with E-state index in [1.807, 2.05) is 28.8 Å². The minimum absolute atomic E-state index is 0.187. The van der Waals surface area contributed by atoms with Crippen LogP contribution in [0, 0.1) is 5.92 Å². The van der Waals surface area contributed by atoms with E-state index in [2.05, 4.69) is 17.2 Å². The predicted octanol–water partition coefficient (Wildman–Crippen LogP) is 4.03. The summed E-state index contributed by atoms with van der Waals surface area (Å²) in [5, 5.41) is 3.46. The number of aromatic nitrogens is 2. The van der Waals surface area contributed by atoms with Crippen LogP contribution in [-0.4, -0.2) is 15.3 Å². The zero-order valence-corrected chi connectivity index (χ0v) is 14.5.